The van der Waals surface area contributed by atoms with Gasteiger partial charge in [0.1, 0.15) is 6.17 Å². The number of Topliss-reactive ketones (excluding diaryl/α,β-unsaturated/α-hetero) is 1. The summed E-state index contributed by atoms with van der Waals surface area (Å²) >= 11 is 12.0. The van der Waals surface area contributed by atoms with Gasteiger partial charge in [-0.2, -0.15) is 0 Å². The summed E-state index contributed by atoms with van der Waals surface area (Å²) in [6.07, 6.45) is 2.62. The highest BCUT2D eigenvalue weighted by molar-refractivity contribution is 6.42. The van der Waals surface area contributed by atoms with Crippen molar-refractivity contribution in [2.75, 3.05) is 39.3 Å². The van der Waals surface area contributed by atoms with Crippen LogP contribution in [0.1, 0.15) is 18.4 Å². The van der Waals surface area contributed by atoms with Crippen molar-refractivity contribution in [2.45, 2.75) is 25.4 Å². The smallest absolute Gasteiger partial charge is 0.169 e. The predicted octanol–water partition coefficient (Wildman–Crippen LogP) is 2.45. The number of carbonyl (C=O) groups is 1. The lowest BCUT2D eigenvalue weighted by Gasteiger charge is -2.38. The van der Waals surface area contributed by atoms with Crippen LogP contribution in [0.25, 0.3) is 0 Å². The molecule has 2 aliphatic heterocycles. The van der Waals surface area contributed by atoms with Crippen molar-refractivity contribution < 1.29 is 4.79 Å². The Bertz CT molecular complexity index is 555. The number of benzene rings is 1. The Morgan fingerprint density at radius 1 is 1.04 bits per heavy atom. The van der Waals surface area contributed by atoms with Gasteiger partial charge >= 0.3 is 0 Å². The highest BCUT2D eigenvalue weighted by Gasteiger charge is 2.33. The Labute approximate surface area is 147 Å². The Balaban J connectivity index is 1.74. The minimum Gasteiger partial charge on any atom is -0.296 e. The molecule has 2 aliphatic rings. The number of hydrogen-bond donors (Lipinski definition) is 0. The monoisotopic (exact) mass is 354 g/mol. The first kappa shape index (κ1) is 17.2. The fourth-order valence-corrected chi connectivity index (χ4v) is 3.75. The second-order valence-corrected chi connectivity index (χ2v) is 7.03. The second-order valence-electron chi connectivity index (χ2n) is 6.22. The summed E-state index contributed by atoms with van der Waals surface area (Å²) in [5.41, 5.74) is 0.926. The van der Waals surface area contributed by atoms with Crippen molar-refractivity contribution in [3.05, 3.63) is 33.8 Å². The van der Waals surface area contributed by atoms with E-state index in [-0.39, 0.29) is 11.9 Å². The maximum absolute atomic E-state index is 13.0. The van der Waals surface area contributed by atoms with Gasteiger partial charge in [-0.3, -0.25) is 14.6 Å². The molecule has 1 aromatic carbocycles. The van der Waals surface area contributed by atoms with E-state index in [1.807, 2.05) is 6.07 Å². The first-order valence-corrected chi connectivity index (χ1v) is 8.99. The van der Waals surface area contributed by atoms with Crippen molar-refractivity contribution >= 4 is 29.0 Å². The quantitative estimate of drug-likeness (QED) is 0.814. The largest absolute Gasteiger partial charge is 0.296 e. The average molecular weight is 355 g/mol. The molecule has 0 spiro atoms. The fraction of sp³-hybridized carbons (Fsp3) is 0.588. The Hall–Kier alpha value is -0.650. The van der Waals surface area contributed by atoms with E-state index in [2.05, 4.69) is 15.1 Å². The summed E-state index contributed by atoms with van der Waals surface area (Å²) in [5.74, 6) is 0.243. The van der Waals surface area contributed by atoms with Crippen LogP contribution in [0.15, 0.2) is 18.2 Å². The standard InChI is InChI=1S/C17H22Cl2N3O/c18-14-4-3-13(11-15(14)19)12-16(23)17(21-7-1-2-8-21)22-9-5-20-6-10-22/h3-4,11,17H,1-2,5-10,12H2. The molecule has 1 unspecified atom stereocenters. The molecule has 0 saturated carbocycles. The molecular formula is C17H22Cl2N3O. The van der Waals surface area contributed by atoms with Gasteiger partial charge in [0.25, 0.3) is 0 Å². The SMILES string of the molecule is O=C(Cc1ccc(Cl)c(Cl)c1)C(N1CCCC1)N1CC[N]CC1. The number of ketones is 1. The predicted molar refractivity (Wildman–Crippen MR) is 93.2 cm³/mol. The lowest BCUT2D eigenvalue weighted by molar-refractivity contribution is -0.130. The molecule has 1 aromatic rings. The number of piperazine rings is 1. The molecule has 1 atom stereocenters. The summed E-state index contributed by atoms with van der Waals surface area (Å²) in [7, 11) is 0. The molecule has 0 aromatic heterocycles. The number of nitrogens with zero attached hydrogens (tertiary/aromatic N) is 3. The summed E-state index contributed by atoms with van der Waals surface area (Å²) in [6.45, 7) is 5.40. The molecule has 23 heavy (non-hydrogen) atoms. The zero-order valence-corrected chi connectivity index (χ0v) is 14.7. The Morgan fingerprint density at radius 3 is 2.35 bits per heavy atom. The number of rotatable bonds is 5. The highest BCUT2D eigenvalue weighted by Crippen LogP contribution is 2.24. The van der Waals surface area contributed by atoms with E-state index in [1.165, 1.54) is 12.8 Å². The van der Waals surface area contributed by atoms with Gasteiger partial charge in [0.15, 0.2) is 5.78 Å². The number of likely N-dealkylation sites (tertiary alicyclic amines) is 1. The molecule has 6 heteroatoms. The third-order valence-electron chi connectivity index (χ3n) is 4.57. The summed E-state index contributed by atoms with van der Waals surface area (Å²) in [6, 6.07) is 5.45. The lowest BCUT2D eigenvalue weighted by Crippen LogP contribution is -2.57. The number of halogens is 2. The van der Waals surface area contributed by atoms with E-state index in [9.17, 15) is 4.79 Å². The molecule has 0 bridgehead atoms. The third kappa shape index (κ3) is 4.25. The van der Waals surface area contributed by atoms with Crippen LogP contribution in [0.2, 0.25) is 10.0 Å². The second kappa shape index (κ2) is 7.95. The van der Waals surface area contributed by atoms with Crippen LogP contribution in [-0.4, -0.2) is 61.0 Å². The van der Waals surface area contributed by atoms with Gasteiger partial charge in [0.05, 0.1) is 10.0 Å². The normalized spacial score (nSPS) is 21.5. The first-order chi connectivity index (χ1) is 11.1. The van der Waals surface area contributed by atoms with Crippen LogP contribution in [0.4, 0.5) is 0 Å². The van der Waals surface area contributed by atoms with Crippen molar-refractivity contribution in [2.24, 2.45) is 0 Å². The molecule has 0 aliphatic carbocycles. The van der Waals surface area contributed by atoms with E-state index >= 15 is 0 Å². The van der Waals surface area contributed by atoms with Crippen LogP contribution in [0.5, 0.6) is 0 Å². The topological polar surface area (TPSA) is 37.7 Å². The molecule has 125 valence electrons. The van der Waals surface area contributed by atoms with Gasteiger partial charge in [-0.05, 0) is 30.5 Å². The van der Waals surface area contributed by atoms with E-state index in [0.717, 1.165) is 44.8 Å². The van der Waals surface area contributed by atoms with Crippen molar-refractivity contribution in [3.8, 4) is 0 Å². The van der Waals surface area contributed by atoms with Gasteiger partial charge in [-0.1, -0.05) is 29.3 Å². The molecule has 2 heterocycles. The lowest BCUT2D eigenvalue weighted by atomic mass is 10.1. The number of carbonyl (C=O) groups excluding carboxylic acids is 1. The maximum Gasteiger partial charge on any atom is 0.169 e. The minimum atomic E-state index is -0.123. The van der Waals surface area contributed by atoms with Gasteiger partial charge in [-0.15, -0.1) is 0 Å². The molecule has 2 saturated heterocycles. The van der Waals surface area contributed by atoms with E-state index in [4.69, 9.17) is 23.2 Å². The van der Waals surface area contributed by atoms with Crippen LogP contribution in [0.3, 0.4) is 0 Å². The van der Waals surface area contributed by atoms with Crippen LogP contribution in [-0.2, 0) is 11.2 Å². The molecule has 2 fully saturated rings. The fourth-order valence-electron chi connectivity index (χ4n) is 3.43. The molecule has 0 N–H and O–H groups in total. The summed E-state index contributed by atoms with van der Waals surface area (Å²) in [4.78, 5) is 17.6. The van der Waals surface area contributed by atoms with E-state index in [0.29, 0.717) is 16.5 Å². The van der Waals surface area contributed by atoms with Crippen molar-refractivity contribution in [3.63, 3.8) is 0 Å². The summed E-state index contributed by atoms with van der Waals surface area (Å²) < 4.78 is 0. The van der Waals surface area contributed by atoms with E-state index < -0.39 is 0 Å². The zero-order chi connectivity index (χ0) is 16.2. The Morgan fingerprint density at radius 2 is 1.70 bits per heavy atom. The third-order valence-corrected chi connectivity index (χ3v) is 5.31. The van der Waals surface area contributed by atoms with Gasteiger partial charge in [0.2, 0.25) is 0 Å². The van der Waals surface area contributed by atoms with Gasteiger partial charge in [-0.25, -0.2) is 5.32 Å². The van der Waals surface area contributed by atoms with Crippen molar-refractivity contribution in [1.82, 2.24) is 15.1 Å². The van der Waals surface area contributed by atoms with Gasteiger partial charge < -0.3 is 0 Å². The molecule has 3 rings (SSSR count). The van der Waals surface area contributed by atoms with E-state index in [1.54, 1.807) is 12.1 Å². The highest BCUT2D eigenvalue weighted by atomic mass is 35.5. The Kier molecular flexibility index (Phi) is 5.94. The minimum absolute atomic E-state index is 0.123. The molecule has 4 nitrogen and oxygen atoms in total. The molecule has 0 amide bonds. The first-order valence-electron chi connectivity index (χ1n) is 8.23. The van der Waals surface area contributed by atoms with Crippen LogP contribution >= 0.6 is 23.2 Å². The van der Waals surface area contributed by atoms with Gasteiger partial charge in [0, 0.05) is 45.7 Å². The molecular weight excluding hydrogens is 333 g/mol. The van der Waals surface area contributed by atoms with Crippen LogP contribution in [0, 0.1) is 0 Å². The molecule has 1 radical (unpaired) electrons. The average Bonchev–Trinajstić information content (AvgIpc) is 3.06. The van der Waals surface area contributed by atoms with Crippen LogP contribution < -0.4 is 5.32 Å². The summed E-state index contributed by atoms with van der Waals surface area (Å²) in [5, 5.41) is 5.43. The zero-order valence-electron chi connectivity index (χ0n) is 13.2. The van der Waals surface area contributed by atoms with Crippen molar-refractivity contribution in [1.29, 1.82) is 0 Å². The maximum atomic E-state index is 13.0. The number of hydrogen-bond acceptors (Lipinski definition) is 3.